The Morgan fingerprint density at radius 2 is 1.81 bits per heavy atom. The van der Waals surface area contributed by atoms with Crippen LogP contribution in [0.3, 0.4) is 0 Å². The molecule has 0 N–H and O–H groups in total. The first-order valence-electron chi connectivity index (χ1n) is 7.89. The number of methoxy groups -OCH3 is 2. The van der Waals surface area contributed by atoms with E-state index in [0.717, 1.165) is 16.7 Å². The smallest absolute Gasteiger partial charge is 0.268 e. The number of aromatic nitrogens is 2. The van der Waals surface area contributed by atoms with Crippen LogP contribution in [0.4, 0.5) is 0 Å². The molecule has 0 unspecified atom stereocenters. The third-order valence-corrected chi connectivity index (χ3v) is 3.81. The number of hydrogen-bond donors (Lipinski definition) is 0. The molecule has 0 spiro atoms. The molecule has 0 fully saturated rings. The topological polar surface area (TPSA) is 81.2 Å². The second-order valence-electron chi connectivity index (χ2n) is 5.57. The second kappa shape index (κ2) is 7.53. The lowest BCUT2D eigenvalue weighted by Gasteiger charge is -2.07. The van der Waals surface area contributed by atoms with Crippen molar-refractivity contribution in [3.8, 4) is 29.0 Å². The van der Waals surface area contributed by atoms with Crippen molar-refractivity contribution in [1.82, 2.24) is 10.1 Å². The Kier molecular flexibility index (Phi) is 4.99. The van der Waals surface area contributed by atoms with E-state index in [1.54, 1.807) is 32.4 Å². The van der Waals surface area contributed by atoms with Crippen molar-refractivity contribution in [3.05, 3.63) is 59.5 Å². The highest BCUT2D eigenvalue weighted by molar-refractivity contribution is 5.87. The zero-order valence-corrected chi connectivity index (χ0v) is 14.7. The minimum atomic E-state index is 0.165. The van der Waals surface area contributed by atoms with Crippen molar-refractivity contribution in [1.29, 1.82) is 5.26 Å². The van der Waals surface area contributed by atoms with E-state index in [1.807, 2.05) is 37.3 Å². The first-order valence-corrected chi connectivity index (χ1v) is 7.89. The fourth-order valence-electron chi connectivity index (χ4n) is 2.40. The van der Waals surface area contributed by atoms with Gasteiger partial charge in [0.25, 0.3) is 5.89 Å². The van der Waals surface area contributed by atoms with Gasteiger partial charge < -0.3 is 14.0 Å². The summed E-state index contributed by atoms with van der Waals surface area (Å²) in [5.41, 5.74) is 3.00. The molecule has 0 bridgehead atoms. The summed E-state index contributed by atoms with van der Waals surface area (Å²) >= 11 is 0. The normalized spacial score (nSPS) is 11.1. The Bertz CT molecular complexity index is 982. The van der Waals surface area contributed by atoms with E-state index in [9.17, 15) is 5.26 Å². The summed E-state index contributed by atoms with van der Waals surface area (Å²) in [6.45, 7) is 2.01. The fourth-order valence-corrected chi connectivity index (χ4v) is 2.40. The average molecular weight is 347 g/mol. The Morgan fingerprint density at radius 1 is 1.08 bits per heavy atom. The molecule has 0 aliphatic carbocycles. The van der Waals surface area contributed by atoms with Crippen molar-refractivity contribution in [2.24, 2.45) is 0 Å². The molecule has 0 saturated carbocycles. The van der Waals surface area contributed by atoms with Gasteiger partial charge in [-0.3, -0.25) is 0 Å². The molecule has 0 radical (unpaired) electrons. The molecule has 26 heavy (non-hydrogen) atoms. The van der Waals surface area contributed by atoms with Crippen molar-refractivity contribution in [2.45, 2.75) is 6.92 Å². The quantitative estimate of drug-likeness (QED) is 0.646. The van der Waals surface area contributed by atoms with Gasteiger partial charge in [0.05, 0.1) is 14.2 Å². The number of benzene rings is 2. The minimum Gasteiger partial charge on any atom is -0.493 e. The molecule has 1 heterocycles. The maximum Gasteiger partial charge on any atom is 0.268 e. The van der Waals surface area contributed by atoms with Crippen LogP contribution in [-0.4, -0.2) is 24.4 Å². The molecule has 130 valence electrons. The zero-order valence-electron chi connectivity index (χ0n) is 14.7. The number of nitrogens with zero attached hydrogens (tertiary/aromatic N) is 3. The van der Waals surface area contributed by atoms with Gasteiger partial charge in [0.2, 0.25) is 5.82 Å². The Labute approximate surface area is 151 Å². The first kappa shape index (κ1) is 17.2. The fraction of sp³-hybridized carbons (Fsp3) is 0.150. The van der Waals surface area contributed by atoms with Crippen LogP contribution in [0.1, 0.15) is 17.0 Å². The maximum absolute atomic E-state index is 9.48. The summed E-state index contributed by atoms with van der Waals surface area (Å²) in [6, 6.07) is 15.2. The van der Waals surface area contributed by atoms with E-state index in [2.05, 4.69) is 16.2 Å². The molecule has 0 amide bonds. The third-order valence-electron chi connectivity index (χ3n) is 3.81. The van der Waals surface area contributed by atoms with Gasteiger partial charge in [0.1, 0.15) is 11.6 Å². The average Bonchev–Trinajstić information content (AvgIpc) is 3.16. The lowest BCUT2D eigenvalue weighted by Crippen LogP contribution is -1.91. The van der Waals surface area contributed by atoms with Crippen LogP contribution in [0.25, 0.3) is 23.0 Å². The van der Waals surface area contributed by atoms with Gasteiger partial charge in [0, 0.05) is 5.56 Å². The summed E-state index contributed by atoms with van der Waals surface area (Å²) in [6.07, 6.45) is 1.66. The maximum atomic E-state index is 9.48. The van der Waals surface area contributed by atoms with E-state index in [1.165, 1.54) is 0 Å². The minimum absolute atomic E-state index is 0.165. The van der Waals surface area contributed by atoms with Gasteiger partial charge in [-0.05, 0) is 30.7 Å². The van der Waals surface area contributed by atoms with Crippen molar-refractivity contribution in [2.75, 3.05) is 14.2 Å². The van der Waals surface area contributed by atoms with Gasteiger partial charge in [0.15, 0.2) is 11.5 Å². The van der Waals surface area contributed by atoms with E-state index >= 15 is 0 Å². The highest BCUT2D eigenvalue weighted by Crippen LogP contribution is 2.29. The third kappa shape index (κ3) is 3.57. The number of allylic oxidation sites excluding steroid dienone is 1. The standard InChI is InChI=1S/C20H17N3O3/c1-13-4-7-15(8-5-13)19-22-20(26-23-19)16(12-21)10-14-6-9-17(24-2)18(11-14)25-3/h4-11H,1-3H3. The molecule has 3 aromatic rings. The summed E-state index contributed by atoms with van der Waals surface area (Å²) in [7, 11) is 3.13. The van der Waals surface area contributed by atoms with Crippen LogP contribution >= 0.6 is 0 Å². The predicted octanol–water partition coefficient (Wildman–Crippen LogP) is 4.13. The molecule has 0 aliphatic rings. The Morgan fingerprint density at radius 3 is 2.46 bits per heavy atom. The van der Waals surface area contributed by atoms with Gasteiger partial charge >= 0.3 is 0 Å². The Hall–Kier alpha value is -3.59. The van der Waals surface area contributed by atoms with Crippen LogP contribution < -0.4 is 9.47 Å². The molecule has 3 rings (SSSR count). The second-order valence-corrected chi connectivity index (χ2v) is 5.57. The van der Waals surface area contributed by atoms with E-state index < -0.39 is 0 Å². The molecule has 6 heteroatoms. The van der Waals surface area contributed by atoms with Crippen LogP contribution in [0.2, 0.25) is 0 Å². The van der Waals surface area contributed by atoms with Crippen LogP contribution in [0, 0.1) is 18.3 Å². The molecular formula is C20H17N3O3. The molecule has 2 aromatic carbocycles. The van der Waals surface area contributed by atoms with Crippen molar-refractivity contribution in [3.63, 3.8) is 0 Å². The summed E-state index contributed by atoms with van der Waals surface area (Å²) in [5, 5.41) is 13.4. The molecule has 0 saturated heterocycles. The lowest BCUT2D eigenvalue weighted by molar-refractivity contribution is 0.355. The van der Waals surface area contributed by atoms with Crippen LogP contribution in [0.5, 0.6) is 11.5 Å². The highest BCUT2D eigenvalue weighted by Gasteiger charge is 2.13. The largest absolute Gasteiger partial charge is 0.493 e. The van der Waals surface area contributed by atoms with E-state index in [-0.39, 0.29) is 11.5 Å². The van der Waals surface area contributed by atoms with E-state index in [0.29, 0.717) is 17.3 Å². The van der Waals surface area contributed by atoms with Crippen LogP contribution in [0.15, 0.2) is 47.0 Å². The van der Waals surface area contributed by atoms with Gasteiger partial charge in [-0.1, -0.05) is 41.1 Å². The van der Waals surface area contributed by atoms with Crippen molar-refractivity contribution < 1.29 is 14.0 Å². The number of nitriles is 1. The van der Waals surface area contributed by atoms with Crippen LogP contribution in [-0.2, 0) is 0 Å². The lowest BCUT2D eigenvalue weighted by atomic mass is 10.1. The van der Waals surface area contributed by atoms with Gasteiger partial charge in [-0.2, -0.15) is 10.2 Å². The Balaban J connectivity index is 1.93. The number of rotatable bonds is 5. The van der Waals surface area contributed by atoms with Crippen molar-refractivity contribution >= 4 is 11.6 Å². The summed E-state index contributed by atoms with van der Waals surface area (Å²) in [4.78, 5) is 4.33. The number of ether oxygens (including phenoxy) is 2. The summed E-state index contributed by atoms with van der Waals surface area (Å²) < 4.78 is 15.8. The summed E-state index contributed by atoms with van der Waals surface area (Å²) in [5.74, 6) is 1.79. The molecule has 0 atom stereocenters. The van der Waals surface area contributed by atoms with Gasteiger partial charge in [-0.25, -0.2) is 0 Å². The SMILES string of the molecule is COc1ccc(C=C(C#N)c2nc(-c3ccc(C)cc3)no2)cc1OC. The zero-order chi connectivity index (χ0) is 18.5. The molecular weight excluding hydrogens is 330 g/mol. The number of hydrogen-bond acceptors (Lipinski definition) is 6. The first-order chi connectivity index (χ1) is 12.6. The monoisotopic (exact) mass is 347 g/mol. The molecule has 6 nitrogen and oxygen atoms in total. The van der Waals surface area contributed by atoms with E-state index in [4.69, 9.17) is 14.0 Å². The van der Waals surface area contributed by atoms with Gasteiger partial charge in [-0.15, -0.1) is 0 Å². The highest BCUT2D eigenvalue weighted by atomic mass is 16.5. The number of aryl methyl sites for hydroxylation is 1. The molecule has 1 aromatic heterocycles. The predicted molar refractivity (Wildman–Crippen MR) is 97.5 cm³/mol. The molecule has 0 aliphatic heterocycles.